The maximum absolute atomic E-state index is 13.0. The first-order valence-electron chi connectivity index (χ1n) is 8.49. The summed E-state index contributed by atoms with van der Waals surface area (Å²) in [6, 6.07) is 5.29. The maximum Gasteiger partial charge on any atom is 0.317 e. The molecule has 1 atom stereocenters. The van der Waals surface area contributed by atoms with E-state index in [2.05, 4.69) is 10.3 Å². The predicted molar refractivity (Wildman–Crippen MR) is 95.3 cm³/mol. The molecule has 1 aromatic heterocycles. The lowest BCUT2D eigenvalue weighted by atomic mass is 10.2. The number of urea groups is 1. The Morgan fingerprint density at radius 1 is 1.38 bits per heavy atom. The first-order chi connectivity index (χ1) is 12.4. The number of aryl methyl sites for hydroxylation is 1. The molecule has 1 aliphatic rings. The van der Waals surface area contributed by atoms with Gasteiger partial charge in [-0.3, -0.25) is 4.79 Å². The molecule has 1 N–H and O–H groups in total. The van der Waals surface area contributed by atoms with E-state index in [1.165, 1.54) is 12.1 Å². The first-order valence-corrected chi connectivity index (χ1v) is 8.49. The molecule has 0 bridgehead atoms. The summed E-state index contributed by atoms with van der Waals surface area (Å²) in [7, 11) is 1.72. The molecule has 2 aromatic rings. The molecule has 0 radical (unpaired) electrons. The molecule has 1 fully saturated rings. The molecule has 0 unspecified atom stereocenters. The number of hydrogen-bond acceptors (Lipinski definition) is 3. The SMILES string of the molecule is Cc1nccn1CCN(C)C(=O)N[C@@H]1CC(=O)N(c2ccc(F)cc2)C1. The second kappa shape index (κ2) is 7.55. The molecular weight excluding hydrogens is 337 g/mol. The Balaban J connectivity index is 1.52. The van der Waals surface area contributed by atoms with Crippen LogP contribution in [0.4, 0.5) is 14.9 Å². The topological polar surface area (TPSA) is 70.5 Å². The quantitative estimate of drug-likeness (QED) is 0.885. The minimum Gasteiger partial charge on any atom is -0.333 e. The Morgan fingerprint density at radius 2 is 2.12 bits per heavy atom. The molecule has 26 heavy (non-hydrogen) atoms. The molecule has 1 aliphatic heterocycles. The van der Waals surface area contributed by atoms with E-state index in [4.69, 9.17) is 0 Å². The number of hydrogen-bond donors (Lipinski definition) is 1. The lowest BCUT2D eigenvalue weighted by Crippen LogP contribution is -2.45. The lowest BCUT2D eigenvalue weighted by Gasteiger charge is -2.22. The third-order valence-corrected chi connectivity index (χ3v) is 4.54. The van der Waals surface area contributed by atoms with E-state index >= 15 is 0 Å². The number of rotatable bonds is 5. The summed E-state index contributed by atoms with van der Waals surface area (Å²) in [5, 5.41) is 2.89. The van der Waals surface area contributed by atoms with Crippen LogP contribution in [0.3, 0.4) is 0 Å². The normalized spacial score (nSPS) is 16.8. The Bertz CT molecular complexity index is 789. The highest BCUT2D eigenvalue weighted by Crippen LogP contribution is 2.21. The summed E-state index contributed by atoms with van der Waals surface area (Å²) >= 11 is 0. The molecule has 2 heterocycles. The zero-order valence-electron chi connectivity index (χ0n) is 14.9. The Hall–Kier alpha value is -2.90. The fourth-order valence-corrected chi connectivity index (χ4v) is 2.96. The summed E-state index contributed by atoms with van der Waals surface area (Å²) in [6.07, 6.45) is 3.83. The van der Waals surface area contributed by atoms with Gasteiger partial charge in [0.2, 0.25) is 5.91 Å². The fourth-order valence-electron chi connectivity index (χ4n) is 2.96. The number of anilines is 1. The summed E-state index contributed by atoms with van der Waals surface area (Å²) in [5.74, 6) is 0.466. The fraction of sp³-hybridized carbons (Fsp3) is 0.389. The number of halogens is 1. The number of imidazole rings is 1. The molecule has 1 aromatic carbocycles. The highest BCUT2D eigenvalue weighted by atomic mass is 19.1. The summed E-state index contributed by atoms with van der Waals surface area (Å²) < 4.78 is 15.0. The van der Waals surface area contributed by atoms with Gasteiger partial charge in [0, 0.05) is 51.2 Å². The third kappa shape index (κ3) is 4.01. The number of carbonyl (C=O) groups is 2. The molecule has 0 spiro atoms. The average molecular weight is 359 g/mol. The van der Waals surface area contributed by atoms with E-state index in [1.54, 1.807) is 35.2 Å². The van der Waals surface area contributed by atoms with Gasteiger partial charge in [0.25, 0.3) is 0 Å². The number of aromatic nitrogens is 2. The van der Waals surface area contributed by atoms with Crippen LogP contribution in [0, 0.1) is 12.7 Å². The minimum atomic E-state index is -0.347. The van der Waals surface area contributed by atoms with Gasteiger partial charge in [-0.05, 0) is 31.2 Å². The average Bonchev–Trinajstić information content (AvgIpc) is 3.18. The van der Waals surface area contributed by atoms with Gasteiger partial charge in [-0.25, -0.2) is 14.2 Å². The Labute approximate surface area is 151 Å². The van der Waals surface area contributed by atoms with Gasteiger partial charge in [0.05, 0.1) is 6.04 Å². The van der Waals surface area contributed by atoms with E-state index in [-0.39, 0.29) is 30.2 Å². The van der Waals surface area contributed by atoms with Crippen LogP contribution in [0.1, 0.15) is 12.2 Å². The van der Waals surface area contributed by atoms with Crippen molar-refractivity contribution in [2.45, 2.75) is 25.9 Å². The molecular formula is C18H22FN5O2. The first kappa shape index (κ1) is 17.9. The summed E-state index contributed by atoms with van der Waals surface area (Å²) in [6.45, 7) is 3.48. The van der Waals surface area contributed by atoms with Crippen molar-refractivity contribution in [1.29, 1.82) is 0 Å². The molecule has 0 saturated carbocycles. The number of nitrogens with one attached hydrogen (secondary N) is 1. The molecule has 138 valence electrons. The van der Waals surface area contributed by atoms with Gasteiger partial charge in [-0.15, -0.1) is 0 Å². The van der Waals surface area contributed by atoms with E-state index in [0.29, 0.717) is 25.3 Å². The number of carbonyl (C=O) groups excluding carboxylic acids is 2. The molecule has 0 aliphatic carbocycles. The standard InChI is InChI=1S/C18H22FN5O2/c1-13-20-7-8-23(13)10-9-22(2)18(26)21-15-11-17(25)24(12-15)16-5-3-14(19)4-6-16/h3-8,15H,9-12H2,1-2H3,(H,21,26)/t15-/m1/s1. The third-order valence-electron chi connectivity index (χ3n) is 4.54. The van der Waals surface area contributed by atoms with Crippen molar-refractivity contribution in [1.82, 2.24) is 19.8 Å². The van der Waals surface area contributed by atoms with Gasteiger partial charge in [-0.1, -0.05) is 0 Å². The van der Waals surface area contributed by atoms with Gasteiger partial charge in [0.1, 0.15) is 11.6 Å². The number of nitrogens with zero attached hydrogens (tertiary/aromatic N) is 4. The van der Waals surface area contributed by atoms with Crippen molar-refractivity contribution in [2.24, 2.45) is 0 Å². The highest BCUT2D eigenvalue weighted by Gasteiger charge is 2.32. The highest BCUT2D eigenvalue weighted by molar-refractivity contribution is 5.96. The monoisotopic (exact) mass is 359 g/mol. The van der Waals surface area contributed by atoms with Crippen molar-refractivity contribution in [3.63, 3.8) is 0 Å². The van der Waals surface area contributed by atoms with Crippen LogP contribution in [-0.4, -0.2) is 52.6 Å². The van der Waals surface area contributed by atoms with Gasteiger partial charge >= 0.3 is 6.03 Å². The van der Waals surface area contributed by atoms with Crippen molar-refractivity contribution < 1.29 is 14.0 Å². The minimum absolute atomic E-state index is 0.0846. The van der Waals surface area contributed by atoms with Crippen molar-refractivity contribution in [2.75, 3.05) is 25.0 Å². The molecule has 1 saturated heterocycles. The van der Waals surface area contributed by atoms with Crippen molar-refractivity contribution in [3.05, 3.63) is 48.3 Å². The van der Waals surface area contributed by atoms with Crippen molar-refractivity contribution >= 4 is 17.6 Å². The molecule has 3 rings (SSSR count). The molecule has 3 amide bonds. The molecule has 8 heteroatoms. The van der Waals surface area contributed by atoms with E-state index < -0.39 is 0 Å². The molecule has 7 nitrogen and oxygen atoms in total. The largest absolute Gasteiger partial charge is 0.333 e. The number of amides is 3. The van der Waals surface area contributed by atoms with Crippen LogP contribution in [-0.2, 0) is 11.3 Å². The van der Waals surface area contributed by atoms with Crippen molar-refractivity contribution in [3.8, 4) is 0 Å². The number of benzene rings is 1. The number of likely N-dealkylation sites (N-methyl/N-ethyl adjacent to an activating group) is 1. The van der Waals surface area contributed by atoms with Crippen LogP contribution in [0.2, 0.25) is 0 Å². The van der Waals surface area contributed by atoms with E-state index in [9.17, 15) is 14.0 Å². The van der Waals surface area contributed by atoms with Crippen LogP contribution in [0.15, 0.2) is 36.7 Å². The van der Waals surface area contributed by atoms with Gasteiger partial charge in [-0.2, -0.15) is 0 Å². The summed E-state index contributed by atoms with van der Waals surface area (Å²) in [4.78, 5) is 31.9. The summed E-state index contributed by atoms with van der Waals surface area (Å²) in [5.41, 5.74) is 0.636. The van der Waals surface area contributed by atoms with E-state index in [1.807, 2.05) is 17.7 Å². The Morgan fingerprint density at radius 3 is 2.77 bits per heavy atom. The second-order valence-corrected chi connectivity index (χ2v) is 6.42. The van der Waals surface area contributed by atoms with Crippen LogP contribution < -0.4 is 10.2 Å². The van der Waals surface area contributed by atoms with Gasteiger partial charge < -0.3 is 19.7 Å². The van der Waals surface area contributed by atoms with Crippen LogP contribution in [0.5, 0.6) is 0 Å². The smallest absolute Gasteiger partial charge is 0.317 e. The van der Waals surface area contributed by atoms with E-state index in [0.717, 1.165) is 5.82 Å². The zero-order chi connectivity index (χ0) is 18.7. The lowest BCUT2D eigenvalue weighted by molar-refractivity contribution is -0.117. The van der Waals surface area contributed by atoms with Gasteiger partial charge in [0.15, 0.2) is 0 Å². The maximum atomic E-state index is 13.0. The second-order valence-electron chi connectivity index (χ2n) is 6.42. The zero-order valence-corrected chi connectivity index (χ0v) is 14.9. The van der Waals surface area contributed by atoms with Crippen LogP contribution in [0.25, 0.3) is 0 Å². The van der Waals surface area contributed by atoms with Crippen LogP contribution >= 0.6 is 0 Å². The Kier molecular flexibility index (Phi) is 5.20. The predicted octanol–water partition coefficient (Wildman–Crippen LogP) is 1.78.